The summed E-state index contributed by atoms with van der Waals surface area (Å²) in [5.74, 6) is 0.222. The predicted molar refractivity (Wildman–Crippen MR) is 80.4 cm³/mol. The lowest BCUT2D eigenvalue weighted by atomic mass is 9.83. The number of pyridine rings is 1. The molecule has 1 aromatic carbocycles. The van der Waals surface area contributed by atoms with E-state index in [9.17, 15) is 13.5 Å². The lowest BCUT2D eigenvalue weighted by molar-refractivity contribution is 0.0453. The number of rotatable bonds is 4. The highest BCUT2D eigenvalue weighted by molar-refractivity contribution is 7.89. The van der Waals surface area contributed by atoms with Crippen molar-refractivity contribution in [2.45, 2.75) is 30.8 Å². The van der Waals surface area contributed by atoms with Gasteiger partial charge in [-0.05, 0) is 43.4 Å². The number of aliphatic hydroxyl groups excluding tert-OH is 1. The van der Waals surface area contributed by atoms with E-state index in [4.69, 9.17) is 0 Å². The van der Waals surface area contributed by atoms with Crippen molar-refractivity contribution in [1.82, 2.24) is 9.71 Å². The smallest absolute Gasteiger partial charge is 0.242 e. The van der Waals surface area contributed by atoms with E-state index in [1.807, 2.05) is 19.1 Å². The molecule has 1 aliphatic rings. The van der Waals surface area contributed by atoms with Gasteiger partial charge in [0.2, 0.25) is 10.0 Å². The zero-order chi connectivity index (χ0) is 15.0. The summed E-state index contributed by atoms with van der Waals surface area (Å²) in [7, 11) is -3.58. The largest absolute Gasteiger partial charge is 0.393 e. The van der Waals surface area contributed by atoms with Crippen LogP contribution in [0.3, 0.4) is 0 Å². The standard InChI is InChI=1S/C15H18N2O3S/c1-10-5-12-3-2-4-14(15(12)16-8-10)21(19,20)17-9-11-6-13(18)7-11/h2-5,8,11,13,17-18H,6-7,9H2,1H3. The Morgan fingerprint density at radius 3 is 2.86 bits per heavy atom. The molecular weight excluding hydrogens is 288 g/mol. The maximum Gasteiger partial charge on any atom is 0.242 e. The first-order chi connectivity index (χ1) is 9.95. The van der Waals surface area contributed by atoms with E-state index < -0.39 is 10.0 Å². The van der Waals surface area contributed by atoms with Crippen molar-refractivity contribution in [3.63, 3.8) is 0 Å². The molecule has 0 radical (unpaired) electrons. The summed E-state index contributed by atoms with van der Waals surface area (Å²) in [6.07, 6.45) is 2.72. The lowest BCUT2D eigenvalue weighted by Crippen LogP contribution is -2.38. The number of aliphatic hydroxyl groups is 1. The Balaban J connectivity index is 1.88. The fourth-order valence-electron chi connectivity index (χ4n) is 2.63. The van der Waals surface area contributed by atoms with Crippen LogP contribution in [0.4, 0.5) is 0 Å². The molecule has 0 unspecified atom stereocenters. The van der Waals surface area contributed by atoms with Gasteiger partial charge >= 0.3 is 0 Å². The third-order valence-electron chi connectivity index (χ3n) is 3.87. The average molecular weight is 306 g/mol. The Morgan fingerprint density at radius 2 is 2.14 bits per heavy atom. The minimum atomic E-state index is -3.58. The summed E-state index contributed by atoms with van der Waals surface area (Å²) in [5.41, 5.74) is 1.48. The number of benzene rings is 1. The normalized spacial score (nSPS) is 22.2. The molecule has 6 heteroatoms. The highest BCUT2D eigenvalue weighted by atomic mass is 32.2. The van der Waals surface area contributed by atoms with Crippen molar-refractivity contribution in [3.8, 4) is 0 Å². The molecule has 0 saturated heterocycles. The Labute approximate surface area is 124 Å². The first-order valence-electron chi connectivity index (χ1n) is 6.99. The number of nitrogens with zero attached hydrogens (tertiary/aromatic N) is 1. The van der Waals surface area contributed by atoms with Gasteiger partial charge in [-0.15, -0.1) is 0 Å². The van der Waals surface area contributed by atoms with Crippen LogP contribution in [0.15, 0.2) is 35.4 Å². The number of hydrogen-bond donors (Lipinski definition) is 2. The van der Waals surface area contributed by atoms with E-state index in [1.165, 1.54) is 0 Å². The molecule has 0 amide bonds. The lowest BCUT2D eigenvalue weighted by Gasteiger charge is -2.31. The number of para-hydroxylation sites is 1. The summed E-state index contributed by atoms with van der Waals surface area (Å²) in [4.78, 5) is 4.47. The van der Waals surface area contributed by atoms with Crippen LogP contribution >= 0.6 is 0 Å². The zero-order valence-corrected chi connectivity index (χ0v) is 12.6. The molecule has 0 aliphatic heterocycles. The Morgan fingerprint density at radius 1 is 1.38 bits per heavy atom. The number of hydrogen-bond acceptors (Lipinski definition) is 4. The third-order valence-corrected chi connectivity index (χ3v) is 5.33. The second-order valence-electron chi connectivity index (χ2n) is 5.68. The molecule has 1 saturated carbocycles. The molecule has 0 bridgehead atoms. The van der Waals surface area contributed by atoms with Crippen LogP contribution in [0.25, 0.3) is 10.9 Å². The molecule has 112 valence electrons. The van der Waals surface area contributed by atoms with Gasteiger partial charge in [0.25, 0.3) is 0 Å². The highest BCUT2D eigenvalue weighted by Crippen LogP contribution is 2.27. The molecule has 0 atom stereocenters. The first kappa shape index (κ1) is 14.4. The fourth-order valence-corrected chi connectivity index (χ4v) is 3.93. The molecule has 3 rings (SSSR count). The summed E-state index contributed by atoms with van der Waals surface area (Å²) in [6.45, 7) is 2.29. The molecule has 1 aliphatic carbocycles. The first-order valence-corrected chi connectivity index (χ1v) is 8.47. The quantitative estimate of drug-likeness (QED) is 0.899. The van der Waals surface area contributed by atoms with Crippen LogP contribution in [-0.4, -0.2) is 31.2 Å². The number of sulfonamides is 1. The van der Waals surface area contributed by atoms with Crippen molar-refractivity contribution >= 4 is 20.9 Å². The summed E-state index contributed by atoms with van der Waals surface area (Å²) >= 11 is 0. The predicted octanol–water partition coefficient (Wildman–Crippen LogP) is 1.59. The SMILES string of the molecule is Cc1cnc2c(S(=O)(=O)NCC3CC(O)C3)cccc2c1. The summed E-state index contributed by atoms with van der Waals surface area (Å²) in [5, 5.41) is 10.1. The van der Waals surface area contributed by atoms with Crippen molar-refractivity contribution in [2.24, 2.45) is 5.92 Å². The van der Waals surface area contributed by atoms with Gasteiger partial charge in [-0.3, -0.25) is 4.98 Å². The molecule has 5 nitrogen and oxygen atoms in total. The average Bonchev–Trinajstić information content (AvgIpc) is 2.41. The molecule has 1 heterocycles. The van der Waals surface area contributed by atoms with E-state index in [0.29, 0.717) is 24.9 Å². The van der Waals surface area contributed by atoms with Gasteiger partial charge < -0.3 is 5.11 Å². The van der Waals surface area contributed by atoms with Crippen LogP contribution < -0.4 is 4.72 Å². The number of aromatic nitrogens is 1. The molecular formula is C15H18N2O3S. The summed E-state index contributed by atoms with van der Waals surface area (Å²) in [6, 6.07) is 7.08. The van der Waals surface area contributed by atoms with Gasteiger partial charge in [-0.25, -0.2) is 13.1 Å². The second kappa shape index (κ2) is 5.36. The van der Waals surface area contributed by atoms with Crippen LogP contribution in [0, 0.1) is 12.8 Å². The second-order valence-corrected chi connectivity index (χ2v) is 7.42. The number of nitrogens with one attached hydrogen (secondary N) is 1. The minimum Gasteiger partial charge on any atom is -0.393 e. The van der Waals surface area contributed by atoms with Crippen molar-refractivity contribution in [3.05, 3.63) is 36.0 Å². The van der Waals surface area contributed by atoms with Crippen LogP contribution in [-0.2, 0) is 10.0 Å². The van der Waals surface area contributed by atoms with E-state index >= 15 is 0 Å². The topological polar surface area (TPSA) is 79.3 Å². The van der Waals surface area contributed by atoms with Crippen molar-refractivity contribution < 1.29 is 13.5 Å². The third kappa shape index (κ3) is 2.92. The van der Waals surface area contributed by atoms with Crippen LogP contribution in [0.5, 0.6) is 0 Å². The van der Waals surface area contributed by atoms with Gasteiger partial charge in [0.05, 0.1) is 11.6 Å². The molecule has 1 fully saturated rings. The number of fused-ring (bicyclic) bond motifs is 1. The highest BCUT2D eigenvalue weighted by Gasteiger charge is 2.29. The zero-order valence-electron chi connectivity index (χ0n) is 11.8. The monoisotopic (exact) mass is 306 g/mol. The minimum absolute atomic E-state index is 0.208. The van der Waals surface area contributed by atoms with Gasteiger partial charge in [0, 0.05) is 18.1 Å². The van der Waals surface area contributed by atoms with Gasteiger partial charge in [-0.1, -0.05) is 12.1 Å². The van der Waals surface area contributed by atoms with Gasteiger partial charge in [0.15, 0.2) is 0 Å². The van der Waals surface area contributed by atoms with E-state index in [1.54, 1.807) is 18.3 Å². The van der Waals surface area contributed by atoms with Crippen molar-refractivity contribution in [1.29, 1.82) is 0 Å². The summed E-state index contributed by atoms with van der Waals surface area (Å²) < 4.78 is 27.5. The van der Waals surface area contributed by atoms with Crippen molar-refractivity contribution in [2.75, 3.05) is 6.54 Å². The molecule has 2 aromatic rings. The Hall–Kier alpha value is -1.50. The molecule has 0 spiro atoms. The van der Waals surface area contributed by atoms with E-state index in [0.717, 1.165) is 10.9 Å². The maximum absolute atomic E-state index is 12.4. The van der Waals surface area contributed by atoms with Gasteiger partial charge in [-0.2, -0.15) is 0 Å². The number of aryl methyl sites for hydroxylation is 1. The van der Waals surface area contributed by atoms with E-state index in [-0.39, 0.29) is 16.9 Å². The Kier molecular flexibility index (Phi) is 3.69. The fraction of sp³-hybridized carbons (Fsp3) is 0.400. The molecule has 21 heavy (non-hydrogen) atoms. The molecule has 1 aromatic heterocycles. The van der Waals surface area contributed by atoms with Crippen LogP contribution in [0.1, 0.15) is 18.4 Å². The Bertz CT molecular complexity index is 768. The van der Waals surface area contributed by atoms with Crippen LogP contribution in [0.2, 0.25) is 0 Å². The van der Waals surface area contributed by atoms with Gasteiger partial charge in [0.1, 0.15) is 4.90 Å². The molecule has 2 N–H and O–H groups in total. The van der Waals surface area contributed by atoms with E-state index in [2.05, 4.69) is 9.71 Å². The maximum atomic E-state index is 12.4.